The molecule has 1 amide bonds. The number of fused-ring (bicyclic) bond motifs is 1. The van der Waals surface area contributed by atoms with E-state index in [0.717, 1.165) is 33.8 Å². The second-order valence-corrected chi connectivity index (χ2v) is 8.38. The zero-order chi connectivity index (χ0) is 20.9. The molecule has 1 aliphatic heterocycles. The van der Waals surface area contributed by atoms with Crippen LogP contribution in [0.4, 0.5) is 5.69 Å². The van der Waals surface area contributed by atoms with E-state index >= 15 is 0 Å². The van der Waals surface area contributed by atoms with Crippen LogP contribution in [0.3, 0.4) is 0 Å². The lowest BCUT2D eigenvalue weighted by Gasteiger charge is -2.34. The first-order valence-electron chi connectivity index (χ1n) is 10.0. The average molecular weight is 470 g/mol. The van der Waals surface area contributed by atoms with Crippen LogP contribution >= 0.6 is 15.9 Å². The van der Waals surface area contributed by atoms with Gasteiger partial charge in [0.05, 0.1) is 0 Å². The van der Waals surface area contributed by atoms with Crippen molar-refractivity contribution in [1.29, 1.82) is 0 Å². The molecule has 30 heavy (non-hydrogen) atoms. The van der Waals surface area contributed by atoms with Gasteiger partial charge in [0.1, 0.15) is 12.4 Å². The van der Waals surface area contributed by atoms with Crippen LogP contribution in [-0.2, 0) is 4.79 Å². The number of benzene rings is 2. The largest absolute Gasteiger partial charge is 0.490 e. The third kappa shape index (κ3) is 5.09. The number of anilines is 1. The maximum Gasteiger partial charge on any atom is 0.254 e. The highest BCUT2D eigenvalue weighted by molar-refractivity contribution is 9.10. The van der Waals surface area contributed by atoms with E-state index in [0.29, 0.717) is 24.9 Å². The summed E-state index contributed by atoms with van der Waals surface area (Å²) in [7, 11) is 0. The lowest BCUT2D eigenvalue weighted by Crippen LogP contribution is -2.47. The van der Waals surface area contributed by atoms with Gasteiger partial charge in [0.2, 0.25) is 0 Å². The standard InChI is InChI=1S/C23H24BrN3O3/c24-18-2-5-21(6-3-18)30-15-22(28)23(29)27-11-8-19(9-12-27)26-20-4-1-17-14-25-10-7-16(17)13-20/h1-7,10,13-14,19,22,26,28H,8-9,11-12,15H2/t22-/m1/s1. The molecule has 1 saturated heterocycles. The Morgan fingerprint density at radius 2 is 1.93 bits per heavy atom. The van der Waals surface area contributed by atoms with Gasteiger partial charge in [-0.25, -0.2) is 0 Å². The topological polar surface area (TPSA) is 74.7 Å². The Kier molecular flexibility index (Phi) is 6.50. The molecule has 0 saturated carbocycles. The highest BCUT2D eigenvalue weighted by atomic mass is 79.9. The fraction of sp³-hybridized carbons (Fsp3) is 0.304. The number of likely N-dealkylation sites (tertiary alicyclic amines) is 1. The summed E-state index contributed by atoms with van der Waals surface area (Å²) in [4.78, 5) is 18.4. The molecule has 1 aliphatic rings. The van der Waals surface area contributed by atoms with Crippen molar-refractivity contribution < 1.29 is 14.6 Å². The third-order valence-electron chi connectivity index (χ3n) is 5.32. The number of carbonyl (C=O) groups excluding carboxylic acids is 1. The maximum absolute atomic E-state index is 12.5. The average Bonchev–Trinajstić information content (AvgIpc) is 2.78. The first-order chi connectivity index (χ1) is 14.6. The molecule has 156 valence electrons. The molecule has 4 rings (SSSR count). The Morgan fingerprint density at radius 3 is 2.70 bits per heavy atom. The Morgan fingerprint density at radius 1 is 1.17 bits per heavy atom. The molecular formula is C23H24BrN3O3. The number of amides is 1. The van der Waals surface area contributed by atoms with Crippen LogP contribution in [-0.4, -0.2) is 52.7 Å². The smallest absolute Gasteiger partial charge is 0.254 e. The third-order valence-corrected chi connectivity index (χ3v) is 5.85. The Bertz CT molecular complexity index is 1000. The molecule has 0 unspecified atom stereocenters. The van der Waals surface area contributed by atoms with Crippen molar-refractivity contribution in [3.05, 3.63) is 65.4 Å². The SMILES string of the molecule is O=C([C@H](O)COc1ccc(Br)cc1)N1CCC(Nc2ccc3cnccc3c2)CC1. The predicted octanol–water partition coefficient (Wildman–Crippen LogP) is 3.84. The summed E-state index contributed by atoms with van der Waals surface area (Å²) < 4.78 is 6.48. The van der Waals surface area contributed by atoms with Gasteiger partial charge in [-0.05, 0) is 60.7 Å². The molecule has 0 aliphatic carbocycles. The molecular weight excluding hydrogens is 446 g/mol. The second kappa shape index (κ2) is 9.45. The first kappa shape index (κ1) is 20.6. The van der Waals surface area contributed by atoms with Crippen LogP contribution in [0.15, 0.2) is 65.4 Å². The van der Waals surface area contributed by atoms with E-state index in [2.05, 4.69) is 44.4 Å². The van der Waals surface area contributed by atoms with Gasteiger partial charge in [0.25, 0.3) is 5.91 Å². The van der Waals surface area contributed by atoms with Gasteiger partial charge in [-0.15, -0.1) is 0 Å². The van der Waals surface area contributed by atoms with E-state index < -0.39 is 6.10 Å². The molecule has 0 spiro atoms. The number of hydrogen-bond acceptors (Lipinski definition) is 5. The molecule has 1 fully saturated rings. The van der Waals surface area contributed by atoms with Crippen LogP contribution in [0, 0.1) is 0 Å². The summed E-state index contributed by atoms with van der Waals surface area (Å²) >= 11 is 3.36. The van der Waals surface area contributed by atoms with Crippen LogP contribution in [0.5, 0.6) is 5.75 Å². The number of aliphatic hydroxyl groups is 1. The molecule has 3 aromatic rings. The van der Waals surface area contributed by atoms with Crippen molar-refractivity contribution >= 4 is 38.3 Å². The van der Waals surface area contributed by atoms with Gasteiger partial charge >= 0.3 is 0 Å². The molecule has 0 radical (unpaired) electrons. The monoisotopic (exact) mass is 469 g/mol. The van der Waals surface area contributed by atoms with E-state index in [-0.39, 0.29) is 12.5 Å². The number of rotatable bonds is 6. The van der Waals surface area contributed by atoms with Gasteiger partial charge in [0.15, 0.2) is 6.10 Å². The van der Waals surface area contributed by atoms with Gasteiger partial charge in [-0.2, -0.15) is 0 Å². The Balaban J connectivity index is 1.25. The minimum atomic E-state index is -1.16. The van der Waals surface area contributed by atoms with E-state index in [4.69, 9.17) is 4.74 Å². The normalized spacial score (nSPS) is 15.7. The van der Waals surface area contributed by atoms with E-state index in [1.807, 2.05) is 24.4 Å². The molecule has 1 aromatic heterocycles. The van der Waals surface area contributed by atoms with Gasteiger partial charge < -0.3 is 20.1 Å². The van der Waals surface area contributed by atoms with Gasteiger partial charge in [-0.3, -0.25) is 9.78 Å². The molecule has 6 nitrogen and oxygen atoms in total. The number of halogens is 1. The number of pyridine rings is 1. The minimum absolute atomic E-state index is 0.0510. The fourth-order valence-corrected chi connectivity index (χ4v) is 3.91. The van der Waals surface area contributed by atoms with Crippen LogP contribution in [0.1, 0.15) is 12.8 Å². The molecule has 1 atom stereocenters. The lowest BCUT2D eigenvalue weighted by molar-refractivity contribution is -0.142. The zero-order valence-electron chi connectivity index (χ0n) is 16.5. The molecule has 0 bridgehead atoms. The first-order valence-corrected chi connectivity index (χ1v) is 10.8. The summed E-state index contributed by atoms with van der Waals surface area (Å²) in [6, 6.07) is 15.8. The summed E-state index contributed by atoms with van der Waals surface area (Å²) in [5.74, 6) is 0.350. The zero-order valence-corrected chi connectivity index (χ0v) is 18.1. The Hall–Kier alpha value is -2.64. The van der Waals surface area contributed by atoms with Crippen LogP contribution in [0.25, 0.3) is 10.8 Å². The van der Waals surface area contributed by atoms with Gasteiger partial charge in [0, 0.05) is 47.1 Å². The van der Waals surface area contributed by atoms with Crippen molar-refractivity contribution in [2.45, 2.75) is 25.0 Å². The quantitative estimate of drug-likeness (QED) is 0.573. The maximum atomic E-state index is 12.5. The number of aliphatic hydroxyl groups excluding tert-OH is 1. The van der Waals surface area contributed by atoms with E-state index in [1.165, 1.54) is 0 Å². The predicted molar refractivity (Wildman–Crippen MR) is 121 cm³/mol. The number of ether oxygens (including phenoxy) is 1. The fourth-order valence-electron chi connectivity index (χ4n) is 3.64. The lowest BCUT2D eigenvalue weighted by atomic mass is 10.0. The second-order valence-electron chi connectivity index (χ2n) is 7.46. The number of carbonyl (C=O) groups is 1. The number of aromatic nitrogens is 1. The van der Waals surface area contributed by atoms with Crippen molar-refractivity contribution in [2.24, 2.45) is 0 Å². The van der Waals surface area contributed by atoms with Crippen LogP contribution in [0.2, 0.25) is 0 Å². The van der Waals surface area contributed by atoms with Gasteiger partial charge in [-0.1, -0.05) is 22.0 Å². The highest BCUT2D eigenvalue weighted by Crippen LogP contribution is 2.22. The molecule has 7 heteroatoms. The number of nitrogens with one attached hydrogen (secondary N) is 1. The van der Waals surface area contributed by atoms with Crippen molar-refractivity contribution in [3.63, 3.8) is 0 Å². The van der Waals surface area contributed by atoms with E-state index in [1.54, 1.807) is 23.2 Å². The number of hydrogen-bond donors (Lipinski definition) is 2. The minimum Gasteiger partial charge on any atom is -0.490 e. The summed E-state index contributed by atoms with van der Waals surface area (Å²) in [5, 5.41) is 16.1. The summed E-state index contributed by atoms with van der Waals surface area (Å²) in [5.41, 5.74) is 1.07. The highest BCUT2D eigenvalue weighted by Gasteiger charge is 2.27. The number of piperidine rings is 1. The Labute approximate surface area is 184 Å². The van der Waals surface area contributed by atoms with Crippen molar-refractivity contribution in [3.8, 4) is 5.75 Å². The molecule has 2 aromatic carbocycles. The van der Waals surface area contributed by atoms with E-state index in [9.17, 15) is 9.90 Å². The molecule has 2 N–H and O–H groups in total. The van der Waals surface area contributed by atoms with Crippen molar-refractivity contribution in [1.82, 2.24) is 9.88 Å². The summed E-state index contributed by atoms with van der Waals surface area (Å²) in [6.45, 7) is 1.18. The molecule has 2 heterocycles. The van der Waals surface area contributed by atoms with Crippen LogP contribution < -0.4 is 10.1 Å². The summed E-state index contributed by atoms with van der Waals surface area (Å²) in [6.07, 6.45) is 4.16. The van der Waals surface area contributed by atoms with Crippen molar-refractivity contribution in [2.75, 3.05) is 25.0 Å². The number of nitrogens with zero attached hydrogens (tertiary/aromatic N) is 2.